The lowest BCUT2D eigenvalue weighted by Gasteiger charge is -2.27. The Morgan fingerprint density at radius 3 is 2.14 bits per heavy atom. The minimum Gasteiger partial charge on any atom is -0.508 e. The topological polar surface area (TPSA) is 295 Å². The first kappa shape index (κ1) is 43.0. The van der Waals surface area contributed by atoms with Gasteiger partial charge in [-0.2, -0.15) is 0 Å². The van der Waals surface area contributed by atoms with E-state index in [1.165, 1.54) is 21.6 Å². The van der Waals surface area contributed by atoms with Gasteiger partial charge in [-0.1, -0.05) is 76.2 Å². The van der Waals surface area contributed by atoms with Crippen LogP contribution in [0.5, 0.6) is 5.75 Å². The number of carbonyl (C=O) groups is 5. The monoisotopic (exact) mass is 807 g/mol. The average Bonchev–Trinajstić information content (AvgIpc) is 3.16. The molecule has 3 aromatic rings. The molecule has 56 heavy (non-hydrogen) atoms. The fourth-order valence-corrected chi connectivity index (χ4v) is 7.99. The Hall–Kier alpha value is -5.69. The lowest BCUT2D eigenvalue weighted by molar-refractivity contribution is -0.134. The molecule has 0 saturated carbocycles. The van der Waals surface area contributed by atoms with E-state index < -0.39 is 53.7 Å². The number of hydrogen-bond acceptors (Lipinski definition) is 10. The number of nitrogens with two attached hydrogens (primary N) is 4. The first-order valence-electron chi connectivity index (χ1n) is 18.0. The van der Waals surface area contributed by atoms with Gasteiger partial charge in [-0.25, -0.2) is 0 Å². The quantitative estimate of drug-likeness (QED) is 0.0427. The zero-order valence-corrected chi connectivity index (χ0v) is 32.4. The largest absolute Gasteiger partial charge is 0.508 e. The van der Waals surface area contributed by atoms with E-state index in [2.05, 4.69) is 36.6 Å². The average molecular weight is 808 g/mol. The number of guanidine groups is 2. The lowest BCUT2D eigenvalue weighted by atomic mass is 10.00. The molecule has 0 radical (unpaired) electrons. The fraction of sp³-hybridized carbons (Fsp3) is 0.378. The van der Waals surface area contributed by atoms with Crippen LogP contribution in [0.4, 0.5) is 0 Å². The summed E-state index contributed by atoms with van der Waals surface area (Å²) < 4.78 is 0. The van der Waals surface area contributed by atoms with Crippen LogP contribution in [0.3, 0.4) is 0 Å². The molecular formula is C37H49N11O6S2. The second-order valence-corrected chi connectivity index (χ2v) is 15.5. The molecule has 1 fully saturated rings. The number of rotatable bonds is 14. The van der Waals surface area contributed by atoms with Gasteiger partial charge >= 0.3 is 0 Å². The normalized spacial score (nSPS) is 19.3. The molecule has 0 aliphatic carbocycles. The third kappa shape index (κ3) is 14.5. The highest BCUT2D eigenvalue weighted by atomic mass is 33.1. The van der Waals surface area contributed by atoms with Crippen molar-refractivity contribution >= 4 is 73.8 Å². The van der Waals surface area contributed by atoms with Crippen molar-refractivity contribution in [3.63, 3.8) is 0 Å². The van der Waals surface area contributed by atoms with E-state index in [0.717, 1.165) is 21.9 Å². The Balaban J connectivity index is 1.61. The molecule has 4 atom stereocenters. The zero-order valence-electron chi connectivity index (χ0n) is 30.7. The maximum absolute atomic E-state index is 14.1. The summed E-state index contributed by atoms with van der Waals surface area (Å²) in [5.74, 6) is -2.86. The predicted molar refractivity (Wildman–Crippen MR) is 220 cm³/mol. The summed E-state index contributed by atoms with van der Waals surface area (Å²) in [6.45, 7) is 0.423. The smallest absolute Gasteiger partial charge is 0.244 e. The predicted octanol–water partition coefficient (Wildman–Crippen LogP) is -0.502. The summed E-state index contributed by atoms with van der Waals surface area (Å²) in [6, 6.07) is 15.6. The van der Waals surface area contributed by atoms with Crippen LogP contribution in [-0.2, 0) is 36.8 Å². The number of benzene rings is 3. The van der Waals surface area contributed by atoms with E-state index in [9.17, 15) is 29.1 Å². The van der Waals surface area contributed by atoms with Crippen LogP contribution in [0.1, 0.15) is 30.4 Å². The van der Waals surface area contributed by atoms with Crippen LogP contribution in [0, 0.1) is 0 Å². The molecule has 14 N–H and O–H groups in total. The molecule has 0 bridgehead atoms. The van der Waals surface area contributed by atoms with Crippen molar-refractivity contribution < 1.29 is 29.1 Å². The van der Waals surface area contributed by atoms with E-state index >= 15 is 0 Å². The number of nitrogens with zero attached hydrogens (tertiary/aromatic N) is 2. The minimum atomic E-state index is -1.15. The van der Waals surface area contributed by atoms with Gasteiger partial charge in [-0.05, 0) is 53.3 Å². The van der Waals surface area contributed by atoms with E-state index in [1.807, 2.05) is 42.5 Å². The summed E-state index contributed by atoms with van der Waals surface area (Å²) in [6.07, 6.45) is 0.834. The van der Waals surface area contributed by atoms with E-state index in [-0.39, 0.29) is 68.1 Å². The number of fused-ring (bicyclic) bond motifs is 1. The number of phenolic OH excluding ortho intramolecular Hbond substituents is 1. The number of nitrogens with one attached hydrogen (secondary N) is 5. The molecule has 0 unspecified atom stereocenters. The van der Waals surface area contributed by atoms with E-state index in [4.69, 9.17) is 22.9 Å². The number of aliphatic imine (C=N–C) groups is 2. The molecule has 1 aliphatic rings. The molecule has 17 nitrogen and oxygen atoms in total. The minimum absolute atomic E-state index is 0.00204. The number of phenols is 1. The SMILES string of the molecule is NC(N)=NCCC[C@@H]1NC(=O)[C@H](NC(=O)CCN=C(N)N)CSSC[C@H](C(=O)NCCc2ccc(O)cc2)NC(=O)[C@H](Cc2ccc3ccccc3c2)NC1=O. The maximum Gasteiger partial charge on any atom is 0.244 e. The Labute approximate surface area is 332 Å². The Morgan fingerprint density at radius 2 is 1.41 bits per heavy atom. The molecule has 0 spiro atoms. The first-order chi connectivity index (χ1) is 26.9. The van der Waals surface area contributed by atoms with Crippen LogP contribution in [-0.4, -0.2) is 102 Å². The van der Waals surface area contributed by atoms with Gasteiger partial charge < -0.3 is 54.6 Å². The second-order valence-electron chi connectivity index (χ2n) is 13.0. The van der Waals surface area contributed by atoms with Gasteiger partial charge in [0.1, 0.15) is 29.9 Å². The molecule has 3 aromatic carbocycles. The fourth-order valence-electron chi connectivity index (χ4n) is 5.67. The van der Waals surface area contributed by atoms with Crippen molar-refractivity contribution in [3.05, 3.63) is 77.9 Å². The first-order valence-corrected chi connectivity index (χ1v) is 20.5. The van der Waals surface area contributed by atoms with Crippen molar-refractivity contribution in [2.45, 2.75) is 56.3 Å². The zero-order chi connectivity index (χ0) is 40.5. The summed E-state index contributed by atoms with van der Waals surface area (Å²) in [4.78, 5) is 76.1. The van der Waals surface area contributed by atoms with Crippen LogP contribution in [0.15, 0.2) is 76.7 Å². The summed E-state index contributed by atoms with van der Waals surface area (Å²) in [5, 5.41) is 25.5. The van der Waals surface area contributed by atoms with Crippen LogP contribution in [0.2, 0.25) is 0 Å². The highest BCUT2D eigenvalue weighted by molar-refractivity contribution is 8.76. The number of aromatic hydroxyl groups is 1. The summed E-state index contributed by atoms with van der Waals surface area (Å²) >= 11 is 0. The van der Waals surface area contributed by atoms with Crippen molar-refractivity contribution in [2.75, 3.05) is 31.1 Å². The molecule has 1 saturated heterocycles. The van der Waals surface area contributed by atoms with Gasteiger partial charge in [0.25, 0.3) is 0 Å². The highest BCUT2D eigenvalue weighted by Crippen LogP contribution is 2.24. The molecule has 19 heteroatoms. The van der Waals surface area contributed by atoms with Crippen molar-refractivity contribution in [2.24, 2.45) is 32.9 Å². The van der Waals surface area contributed by atoms with Crippen LogP contribution < -0.4 is 49.5 Å². The van der Waals surface area contributed by atoms with Gasteiger partial charge in [0.05, 0.1) is 6.54 Å². The van der Waals surface area contributed by atoms with Crippen molar-refractivity contribution in [3.8, 4) is 5.75 Å². The van der Waals surface area contributed by atoms with Gasteiger partial charge in [0, 0.05) is 37.4 Å². The lowest BCUT2D eigenvalue weighted by Crippen LogP contribution is -2.59. The molecule has 5 amide bonds. The van der Waals surface area contributed by atoms with Gasteiger partial charge in [0.2, 0.25) is 29.5 Å². The third-order valence-corrected chi connectivity index (χ3v) is 11.0. The number of hydrogen-bond donors (Lipinski definition) is 10. The van der Waals surface area contributed by atoms with Crippen LogP contribution in [0.25, 0.3) is 10.8 Å². The number of amides is 5. The third-order valence-electron chi connectivity index (χ3n) is 8.58. The molecule has 4 rings (SSSR count). The highest BCUT2D eigenvalue weighted by Gasteiger charge is 2.32. The molecule has 1 aliphatic heterocycles. The Kier molecular flexibility index (Phi) is 16.9. The maximum atomic E-state index is 14.1. The van der Waals surface area contributed by atoms with Gasteiger partial charge in [-0.3, -0.25) is 34.0 Å². The Bertz CT molecular complexity index is 1890. The molecular weight excluding hydrogens is 759 g/mol. The molecule has 0 aromatic heterocycles. The van der Waals surface area contributed by atoms with Crippen molar-refractivity contribution in [1.29, 1.82) is 0 Å². The summed E-state index contributed by atoms with van der Waals surface area (Å²) in [5.41, 5.74) is 23.4. The van der Waals surface area contributed by atoms with E-state index in [0.29, 0.717) is 12.8 Å². The second kappa shape index (κ2) is 22.0. The Morgan fingerprint density at radius 1 is 0.768 bits per heavy atom. The summed E-state index contributed by atoms with van der Waals surface area (Å²) in [7, 11) is 2.44. The standard InChI is InChI=1S/C37H49N11O6S2/c38-36(39)43-15-3-6-27-33(52)47-28(19-23-7-10-24-4-1-2-5-25(24)18-23)34(53)48-29(32(51)42-16-13-22-8-11-26(49)12-9-22)20-55-56-21-30(35(54)46-27)45-31(50)14-17-44-37(40)41/h1-2,4-5,7-12,18,27-30,49H,3,6,13-17,19-21H2,(H,42,51)(H,45,50)(H,46,54)(H,47,52)(H,48,53)(H4,38,39,43)(H4,40,41,44)/t27-,28-,29+,30+/m0/s1. The molecule has 1 heterocycles. The van der Waals surface area contributed by atoms with Crippen molar-refractivity contribution in [1.82, 2.24) is 26.6 Å². The molecule has 300 valence electrons. The van der Waals surface area contributed by atoms with Crippen LogP contribution >= 0.6 is 21.6 Å². The van der Waals surface area contributed by atoms with Gasteiger partial charge in [0.15, 0.2) is 11.9 Å². The van der Waals surface area contributed by atoms with E-state index in [1.54, 1.807) is 24.3 Å². The number of carbonyl (C=O) groups excluding carboxylic acids is 5. The van der Waals surface area contributed by atoms with Gasteiger partial charge in [-0.15, -0.1) is 0 Å².